The maximum absolute atomic E-state index is 11.9. The fourth-order valence-corrected chi connectivity index (χ4v) is 2.62. The topological polar surface area (TPSA) is 124 Å². The second-order valence-corrected chi connectivity index (χ2v) is 6.31. The Morgan fingerprint density at radius 3 is 2.45 bits per heavy atom. The summed E-state index contributed by atoms with van der Waals surface area (Å²) < 4.78 is 26.7. The van der Waals surface area contributed by atoms with E-state index in [0.29, 0.717) is 22.6 Å². The van der Waals surface area contributed by atoms with Crippen molar-refractivity contribution in [3.05, 3.63) is 29.8 Å². The SMILES string of the molecule is COc1ccc(C(=O)Nc2nnc(S(N)(=O)=O)s2)cc1. The molecule has 0 aliphatic carbocycles. The molecule has 1 aromatic heterocycles. The second-order valence-electron chi connectivity index (χ2n) is 3.60. The number of ether oxygens (including phenoxy) is 1. The summed E-state index contributed by atoms with van der Waals surface area (Å²) in [6.07, 6.45) is 0. The van der Waals surface area contributed by atoms with Crippen molar-refractivity contribution in [1.29, 1.82) is 0 Å². The Labute approximate surface area is 118 Å². The van der Waals surface area contributed by atoms with Crippen LogP contribution in [-0.2, 0) is 10.0 Å². The molecule has 3 N–H and O–H groups in total. The normalized spacial score (nSPS) is 11.1. The van der Waals surface area contributed by atoms with Crippen molar-refractivity contribution in [2.24, 2.45) is 5.14 Å². The van der Waals surface area contributed by atoms with Crippen molar-refractivity contribution >= 4 is 32.4 Å². The third-order valence-electron chi connectivity index (χ3n) is 2.22. The third-order valence-corrected chi connectivity index (χ3v) is 4.37. The fraction of sp³-hybridized carbons (Fsp3) is 0.100. The summed E-state index contributed by atoms with van der Waals surface area (Å²) in [5, 5.41) is 14.3. The minimum Gasteiger partial charge on any atom is -0.497 e. The number of carbonyl (C=O) groups excluding carboxylic acids is 1. The molecule has 0 bridgehead atoms. The molecule has 0 unspecified atom stereocenters. The Kier molecular flexibility index (Phi) is 3.97. The highest BCUT2D eigenvalue weighted by Gasteiger charge is 2.16. The van der Waals surface area contributed by atoms with Gasteiger partial charge in [0.25, 0.3) is 15.9 Å². The molecule has 0 aliphatic rings. The highest BCUT2D eigenvalue weighted by molar-refractivity contribution is 7.91. The number of rotatable bonds is 4. The van der Waals surface area contributed by atoms with E-state index in [2.05, 4.69) is 15.5 Å². The quantitative estimate of drug-likeness (QED) is 0.789. The van der Waals surface area contributed by atoms with Crippen molar-refractivity contribution < 1.29 is 17.9 Å². The monoisotopic (exact) mass is 314 g/mol. The van der Waals surface area contributed by atoms with E-state index in [1.54, 1.807) is 24.3 Å². The number of carbonyl (C=O) groups is 1. The van der Waals surface area contributed by atoms with Crippen LogP contribution in [0.5, 0.6) is 5.75 Å². The number of nitrogens with one attached hydrogen (secondary N) is 1. The molecule has 1 heterocycles. The first kappa shape index (κ1) is 14.4. The summed E-state index contributed by atoms with van der Waals surface area (Å²) in [5.41, 5.74) is 0.373. The number of amides is 1. The molecule has 10 heteroatoms. The van der Waals surface area contributed by atoms with Crippen LogP contribution in [-0.4, -0.2) is 31.6 Å². The zero-order chi connectivity index (χ0) is 14.8. The molecule has 0 fully saturated rings. The van der Waals surface area contributed by atoms with Gasteiger partial charge in [-0.1, -0.05) is 11.3 Å². The standard InChI is InChI=1S/C10H10N4O4S2/c1-18-7-4-2-6(3-5-7)8(15)12-9-13-14-10(19-9)20(11,16)17/h2-5H,1H3,(H2,11,16,17)(H,12,13,15). The van der Waals surface area contributed by atoms with Crippen LogP contribution in [0.1, 0.15) is 10.4 Å². The van der Waals surface area contributed by atoms with E-state index < -0.39 is 15.9 Å². The maximum Gasteiger partial charge on any atom is 0.267 e. The smallest absolute Gasteiger partial charge is 0.267 e. The number of aromatic nitrogens is 2. The van der Waals surface area contributed by atoms with Crippen LogP contribution in [0.2, 0.25) is 0 Å². The van der Waals surface area contributed by atoms with E-state index in [9.17, 15) is 13.2 Å². The van der Waals surface area contributed by atoms with Crippen LogP contribution in [0.4, 0.5) is 5.13 Å². The van der Waals surface area contributed by atoms with Crippen molar-refractivity contribution in [2.75, 3.05) is 12.4 Å². The van der Waals surface area contributed by atoms with Gasteiger partial charge in [0.05, 0.1) is 7.11 Å². The molecule has 0 saturated heterocycles. The van der Waals surface area contributed by atoms with Gasteiger partial charge < -0.3 is 4.74 Å². The van der Waals surface area contributed by atoms with Gasteiger partial charge in [-0.3, -0.25) is 10.1 Å². The summed E-state index contributed by atoms with van der Waals surface area (Å²) in [4.78, 5) is 11.9. The third kappa shape index (κ3) is 3.29. The van der Waals surface area contributed by atoms with E-state index in [0.717, 1.165) is 0 Å². The molecule has 2 rings (SSSR count). The van der Waals surface area contributed by atoms with Crippen LogP contribution in [0.3, 0.4) is 0 Å². The van der Waals surface area contributed by atoms with Gasteiger partial charge in [0.1, 0.15) is 5.75 Å². The molecule has 1 amide bonds. The Morgan fingerprint density at radius 2 is 1.95 bits per heavy atom. The van der Waals surface area contributed by atoms with Crippen LogP contribution < -0.4 is 15.2 Å². The second kappa shape index (κ2) is 5.53. The van der Waals surface area contributed by atoms with Crippen LogP contribution in [0, 0.1) is 0 Å². The maximum atomic E-state index is 11.9. The van der Waals surface area contributed by atoms with Crippen molar-refractivity contribution in [2.45, 2.75) is 4.34 Å². The van der Waals surface area contributed by atoms with E-state index in [-0.39, 0.29) is 9.47 Å². The van der Waals surface area contributed by atoms with E-state index >= 15 is 0 Å². The molecule has 8 nitrogen and oxygen atoms in total. The number of sulfonamides is 1. The molecule has 0 saturated carbocycles. The van der Waals surface area contributed by atoms with Crippen LogP contribution in [0.15, 0.2) is 28.6 Å². The zero-order valence-corrected chi connectivity index (χ0v) is 11.9. The number of nitrogens with two attached hydrogens (primary N) is 1. The van der Waals surface area contributed by atoms with Crippen LogP contribution >= 0.6 is 11.3 Å². The number of methoxy groups -OCH3 is 1. The first-order valence-corrected chi connectivity index (χ1v) is 7.58. The van der Waals surface area contributed by atoms with Gasteiger partial charge in [-0.05, 0) is 24.3 Å². The number of benzene rings is 1. The lowest BCUT2D eigenvalue weighted by Gasteiger charge is -2.02. The Morgan fingerprint density at radius 1 is 1.30 bits per heavy atom. The van der Waals surface area contributed by atoms with Crippen molar-refractivity contribution in [3.8, 4) is 5.75 Å². The predicted molar refractivity (Wildman–Crippen MR) is 72.2 cm³/mol. The Hall–Kier alpha value is -2.04. The highest BCUT2D eigenvalue weighted by Crippen LogP contribution is 2.19. The predicted octanol–water partition coefficient (Wildman–Crippen LogP) is 0.446. The highest BCUT2D eigenvalue weighted by atomic mass is 32.2. The van der Waals surface area contributed by atoms with E-state index in [4.69, 9.17) is 9.88 Å². The fourth-order valence-electron chi connectivity index (χ4n) is 1.29. The first-order valence-electron chi connectivity index (χ1n) is 5.22. The molecule has 1 aromatic carbocycles. The number of hydrogen-bond acceptors (Lipinski definition) is 7. The minimum atomic E-state index is -3.91. The lowest BCUT2D eigenvalue weighted by molar-refractivity contribution is 0.102. The molecule has 0 radical (unpaired) electrons. The summed E-state index contributed by atoms with van der Waals surface area (Å²) >= 11 is 0.679. The van der Waals surface area contributed by atoms with Crippen molar-refractivity contribution in [1.82, 2.24) is 10.2 Å². The minimum absolute atomic E-state index is 0.0508. The van der Waals surface area contributed by atoms with Gasteiger partial charge in [-0.15, -0.1) is 10.2 Å². The number of hydrogen-bond donors (Lipinski definition) is 2. The lowest BCUT2D eigenvalue weighted by atomic mass is 10.2. The largest absolute Gasteiger partial charge is 0.497 e. The Bertz CT molecular complexity index is 724. The van der Waals surface area contributed by atoms with Gasteiger partial charge in [-0.25, -0.2) is 13.6 Å². The summed E-state index contributed by atoms with van der Waals surface area (Å²) in [5.74, 6) is 0.179. The van der Waals surface area contributed by atoms with Gasteiger partial charge in [0, 0.05) is 5.56 Å². The van der Waals surface area contributed by atoms with E-state index in [1.807, 2.05) is 0 Å². The summed E-state index contributed by atoms with van der Waals surface area (Å²) in [7, 11) is -2.40. The Balaban J connectivity index is 2.13. The van der Waals surface area contributed by atoms with Crippen LogP contribution in [0.25, 0.3) is 0 Å². The average molecular weight is 314 g/mol. The lowest BCUT2D eigenvalue weighted by Crippen LogP contribution is -2.11. The molecule has 0 aliphatic heterocycles. The molecule has 2 aromatic rings. The molecular formula is C10H10N4O4S2. The van der Waals surface area contributed by atoms with Gasteiger partial charge in [0.2, 0.25) is 9.47 Å². The van der Waals surface area contributed by atoms with E-state index in [1.165, 1.54) is 7.11 Å². The number of primary sulfonamides is 1. The summed E-state index contributed by atoms with van der Waals surface area (Å²) in [6, 6.07) is 6.39. The number of anilines is 1. The molecule has 0 spiro atoms. The molecule has 106 valence electrons. The molecule has 20 heavy (non-hydrogen) atoms. The molecular weight excluding hydrogens is 304 g/mol. The zero-order valence-electron chi connectivity index (χ0n) is 10.2. The van der Waals surface area contributed by atoms with Gasteiger partial charge >= 0.3 is 0 Å². The molecule has 0 atom stereocenters. The van der Waals surface area contributed by atoms with Gasteiger partial charge in [-0.2, -0.15) is 0 Å². The summed E-state index contributed by atoms with van der Waals surface area (Å²) in [6.45, 7) is 0. The number of nitrogens with zero attached hydrogens (tertiary/aromatic N) is 2. The average Bonchev–Trinajstić information content (AvgIpc) is 2.87. The van der Waals surface area contributed by atoms with Gasteiger partial charge in [0.15, 0.2) is 0 Å². The van der Waals surface area contributed by atoms with Crippen molar-refractivity contribution in [3.63, 3.8) is 0 Å². The first-order chi connectivity index (χ1) is 9.40.